The van der Waals surface area contributed by atoms with E-state index in [0.717, 1.165) is 34.8 Å². The minimum atomic E-state index is 0.750. The molecule has 4 aromatic rings. The lowest BCUT2D eigenvalue weighted by Gasteiger charge is -2.09. The number of hydrogen-bond acceptors (Lipinski definition) is 5. The van der Waals surface area contributed by atoms with E-state index in [-0.39, 0.29) is 0 Å². The van der Waals surface area contributed by atoms with Crippen molar-refractivity contribution in [2.24, 2.45) is 0 Å². The first-order valence-corrected chi connectivity index (χ1v) is 9.97. The molecule has 126 valence electrons. The summed E-state index contributed by atoms with van der Waals surface area (Å²) < 4.78 is 0. The quantitative estimate of drug-likeness (QED) is 0.502. The Kier molecular flexibility index (Phi) is 4.51. The third kappa shape index (κ3) is 3.43. The summed E-state index contributed by atoms with van der Waals surface area (Å²) >= 11 is 3.51. The van der Waals surface area contributed by atoms with Gasteiger partial charge in [0.2, 0.25) is 0 Å². The van der Waals surface area contributed by atoms with Crippen LogP contribution >= 0.6 is 22.7 Å². The Labute approximate surface area is 155 Å². The Balaban J connectivity index is 1.72. The average molecular weight is 366 g/mol. The molecule has 5 heteroatoms. The van der Waals surface area contributed by atoms with Gasteiger partial charge in [-0.2, -0.15) is 0 Å². The first kappa shape index (κ1) is 16.2. The van der Waals surface area contributed by atoms with Crippen molar-refractivity contribution in [2.75, 3.05) is 5.32 Å². The predicted molar refractivity (Wildman–Crippen MR) is 108 cm³/mol. The number of aromatic nitrogens is 2. The highest BCUT2D eigenvalue weighted by molar-refractivity contribution is 7.18. The largest absolute Gasteiger partial charge is 0.365 e. The van der Waals surface area contributed by atoms with Gasteiger partial charge in [0, 0.05) is 16.2 Å². The molecule has 3 nitrogen and oxygen atoms in total. The van der Waals surface area contributed by atoms with Crippen LogP contribution < -0.4 is 5.32 Å². The maximum absolute atomic E-state index is 4.86. The Morgan fingerprint density at radius 2 is 1.84 bits per heavy atom. The Hall–Kier alpha value is -2.24. The maximum Gasteiger partial charge on any atom is 0.139 e. The van der Waals surface area contributed by atoms with Crippen LogP contribution in [0.3, 0.4) is 0 Å². The van der Waals surface area contributed by atoms with E-state index < -0.39 is 0 Å². The van der Waals surface area contributed by atoms with Crippen molar-refractivity contribution in [1.29, 1.82) is 0 Å². The van der Waals surface area contributed by atoms with Crippen molar-refractivity contribution in [3.8, 4) is 0 Å². The molecule has 1 N–H and O–H groups in total. The zero-order valence-electron chi connectivity index (χ0n) is 14.2. The monoisotopic (exact) mass is 365 g/mol. The van der Waals surface area contributed by atoms with E-state index in [0.29, 0.717) is 0 Å². The molecule has 0 amide bonds. The number of aryl methyl sites for hydroxylation is 2. The fraction of sp³-hybridized carbons (Fsp3) is 0.200. The van der Waals surface area contributed by atoms with Gasteiger partial charge in [-0.3, -0.25) is 0 Å². The van der Waals surface area contributed by atoms with Crippen LogP contribution in [0, 0.1) is 13.8 Å². The normalized spacial score (nSPS) is 11.1. The van der Waals surface area contributed by atoms with Gasteiger partial charge in [0.05, 0.1) is 11.9 Å². The molecule has 0 spiro atoms. The summed E-state index contributed by atoms with van der Waals surface area (Å²) in [6.45, 7) is 5.11. The first-order valence-electron chi connectivity index (χ1n) is 8.27. The van der Waals surface area contributed by atoms with Gasteiger partial charge in [0.1, 0.15) is 16.5 Å². The fourth-order valence-electron chi connectivity index (χ4n) is 2.86. The minimum absolute atomic E-state index is 0.750. The van der Waals surface area contributed by atoms with Crippen molar-refractivity contribution in [1.82, 2.24) is 9.97 Å². The number of nitrogens with zero attached hydrogens (tertiary/aromatic N) is 2. The topological polar surface area (TPSA) is 37.8 Å². The summed E-state index contributed by atoms with van der Waals surface area (Å²) in [6.07, 6.45) is 0.750. The summed E-state index contributed by atoms with van der Waals surface area (Å²) in [5.41, 5.74) is 2.51. The van der Waals surface area contributed by atoms with Crippen LogP contribution in [0.25, 0.3) is 10.2 Å². The summed E-state index contributed by atoms with van der Waals surface area (Å²) in [5, 5.41) is 6.80. The lowest BCUT2D eigenvalue weighted by molar-refractivity contribution is 0.986. The number of fused-ring (bicyclic) bond motifs is 1. The molecule has 4 rings (SSSR count). The van der Waals surface area contributed by atoms with Crippen LogP contribution in [-0.2, 0) is 13.0 Å². The standard InChI is InChI=1S/C20H19N3S2/c1-13-14(2)25-20-18(13)19(21-12-16-9-6-10-24-16)22-17(23-20)11-15-7-4-3-5-8-15/h3-10H,11-12H2,1-2H3,(H,21,22,23). The van der Waals surface area contributed by atoms with Crippen molar-refractivity contribution < 1.29 is 0 Å². The fourth-order valence-corrected chi connectivity index (χ4v) is 4.56. The predicted octanol–water partition coefficient (Wildman–Crippen LogP) is 5.57. The van der Waals surface area contributed by atoms with Gasteiger partial charge in [-0.25, -0.2) is 9.97 Å². The van der Waals surface area contributed by atoms with Crippen molar-refractivity contribution in [3.05, 3.63) is 74.6 Å². The van der Waals surface area contributed by atoms with Crippen LogP contribution in [0.5, 0.6) is 0 Å². The highest BCUT2D eigenvalue weighted by atomic mass is 32.1. The van der Waals surface area contributed by atoms with E-state index in [4.69, 9.17) is 9.97 Å². The SMILES string of the molecule is Cc1sc2nc(Cc3ccccc3)nc(NCc3cccs3)c2c1C. The number of thiophene rings is 2. The Morgan fingerprint density at radius 1 is 1.00 bits per heavy atom. The van der Waals surface area contributed by atoms with Crippen LogP contribution in [0.4, 0.5) is 5.82 Å². The van der Waals surface area contributed by atoms with Crippen molar-refractivity contribution >= 4 is 38.7 Å². The van der Waals surface area contributed by atoms with Gasteiger partial charge in [-0.05, 0) is 36.4 Å². The second kappa shape index (κ2) is 6.94. The highest BCUT2D eigenvalue weighted by Crippen LogP contribution is 2.33. The molecule has 0 bridgehead atoms. The van der Waals surface area contributed by atoms with Crippen molar-refractivity contribution in [3.63, 3.8) is 0 Å². The van der Waals surface area contributed by atoms with Crippen LogP contribution in [0.15, 0.2) is 47.8 Å². The molecule has 3 aromatic heterocycles. The van der Waals surface area contributed by atoms with E-state index in [1.807, 2.05) is 6.07 Å². The number of benzene rings is 1. The molecule has 0 aliphatic heterocycles. The maximum atomic E-state index is 4.86. The second-order valence-electron chi connectivity index (χ2n) is 6.05. The van der Waals surface area contributed by atoms with Crippen LogP contribution in [-0.4, -0.2) is 9.97 Å². The molecule has 0 fully saturated rings. The van der Waals surface area contributed by atoms with Gasteiger partial charge in [0.25, 0.3) is 0 Å². The van der Waals surface area contributed by atoms with E-state index in [1.54, 1.807) is 22.7 Å². The number of anilines is 1. The number of nitrogens with one attached hydrogen (secondary N) is 1. The molecule has 3 heterocycles. The Morgan fingerprint density at radius 3 is 2.60 bits per heavy atom. The van der Waals surface area contributed by atoms with Gasteiger partial charge in [-0.1, -0.05) is 36.4 Å². The zero-order valence-corrected chi connectivity index (χ0v) is 15.9. The lowest BCUT2D eigenvalue weighted by Crippen LogP contribution is -2.05. The highest BCUT2D eigenvalue weighted by Gasteiger charge is 2.15. The average Bonchev–Trinajstić information content (AvgIpc) is 3.22. The van der Waals surface area contributed by atoms with E-state index in [9.17, 15) is 0 Å². The number of hydrogen-bond donors (Lipinski definition) is 1. The molecular weight excluding hydrogens is 346 g/mol. The van der Waals surface area contributed by atoms with Crippen molar-refractivity contribution in [2.45, 2.75) is 26.8 Å². The molecule has 0 saturated carbocycles. The van der Waals surface area contributed by atoms with Gasteiger partial charge in [0.15, 0.2) is 0 Å². The van der Waals surface area contributed by atoms with Gasteiger partial charge in [-0.15, -0.1) is 22.7 Å². The Bertz CT molecular complexity index is 989. The molecule has 0 unspecified atom stereocenters. The molecule has 0 radical (unpaired) electrons. The third-order valence-electron chi connectivity index (χ3n) is 4.29. The summed E-state index contributed by atoms with van der Waals surface area (Å²) in [6, 6.07) is 14.6. The second-order valence-corrected chi connectivity index (χ2v) is 8.28. The first-order chi connectivity index (χ1) is 12.2. The molecule has 0 aliphatic carbocycles. The molecule has 0 saturated heterocycles. The molecule has 25 heavy (non-hydrogen) atoms. The van der Waals surface area contributed by atoms with E-state index >= 15 is 0 Å². The molecule has 0 atom stereocenters. The van der Waals surface area contributed by atoms with E-state index in [1.165, 1.54) is 20.9 Å². The molecular formula is C20H19N3S2. The zero-order chi connectivity index (χ0) is 17.2. The van der Waals surface area contributed by atoms with Gasteiger partial charge >= 0.3 is 0 Å². The molecule has 0 aliphatic rings. The summed E-state index contributed by atoms with van der Waals surface area (Å²) in [7, 11) is 0. The van der Waals surface area contributed by atoms with E-state index in [2.05, 4.69) is 60.9 Å². The molecule has 1 aromatic carbocycles. The lowest BCUT2D eigenvalue weighted by atomic mass is 10.1. The summed E-state index contributed by atoms with van der Waals surface area (Å²) in [5.74, 6) is 1.82. The minimum Gasteiger partial charge on any atom is -0.365 e. The van der Waals surface area contributed by atoms with Crippen LogP contribution in [0.2, 0.25) is 0 Å². The summed E-state index contributed by atoms with van der Waals surface area (Å²) in [4.78, 5) is 13.4. The third-order valence-corrected chi connectivity index (χ3v) is 6.27. The van der Waals surface area contributed by atoms with Crippen LogP contribution in [0.1, 0.15) is 26.7 Å². The number of rotatable bonds is 5. The van der Waals surface area contributed by atoms with Gasteiger partial charge < -0.3 is 5.32 Å². The smallest absolute Gasteiger partial charge is 0.139 e.